The van der Waals surface area contributed by atoms with Crippen molar-refractivity contribution in [1.82, 2.24) is 10.3 Å². The van der Waals surface area contributed by atoms with E-state index in [1.165, 1.54) is 12.4 Å². The van der Waals surface area contributed by atoms with E-state index < -0.39 is 5.91 Å². The van der Waals surface area contributed by atoms with E-state index in [4.69, 9.17) is 5.73 Å². The maximum absolute atomic E-state index is 11.3. The summed E-state index contributed by atoms with van der Waals surface area (Å²) in [6.45, 7) is 0.260. The molecule has 74 valence electrons. The van der Waals surface area contributed by atoms with Crippen LogP contribution in [-0.2, 0) is 4.79 Å². The van der Waals surface area contributed by atoms with Crippen molar-refractivity contribution in [3.63, 3.8) is 0 Å². The summed E-state index contributed by atoms with van der Waals surface area (Å²) in [5.41, 5.74) is 5.44. The van der Waals surface area contributed by atoms with Gasteiger partial charge in [0.05, 0.1) is 0 Å². The van der Waals surface area contributed by atoms with E-state index in [2.05, 4.69) is 10.3 Å². The topological polar surface area (TPSA) is 85.1 Å². The predicted molar refractivity (Wildman–Crippen MR) is 50.4 cm³/mol. The highest BCUT2D eigenvalue weighted by Gasteiger charge is 2.03. The number of nitrogens with zero attached hydrogens (tertiary/aromatic N) is 1. The molecule has 0 fully saturated rings. The number of hydrogen-bond donors (Lipinski definition) is 2. The Bertz CT molecular complexity index is 324. The van der Waals surface area contributed by atoms with Gasteiger partial charge in [-0.05, 0) is 12.1 Å². The number of nitrogens with one attached hydrogen (secondary N) is 1. The number of primary amides is 1. The molecule has 14 heavy (non-hydrogen) atoms. The van der Waals surface area contributed by atoms with Crippen LogP contribution in [0.5, 0.6) is 0 Å². The third kappa shape index (κ3) is 3.22. The Hall–Kier alpha value is -1.91. The average molecular weight is 193 g/mol. The van der Waals surface area contributed by atoms with Crippen LogP contribution < -0.4 is 11.1 Å². The molecule has 0 saturated heterocycles. The largest absolute Gasteiger partial charge is 0.370 e. The maximum atomic E-state index is 11.3. The Balaban J connectivity index is 2.40. The lowest BCUT2D eigenvalue weighted by Crippen LogP contribution is -2.27. The average Bonchev–Trinajstić information content (AvgIpc) is 2.18. The van der Waals surface area contributed by atoms with E-state index in [0.717, 1.165) is 0 Å². The summed E-state index contributed by atoms with van der Waals surface area (Å²) >= 11 is 0. The quantitative estimate of drug-likeness (QED) is 0.687. The number of hydrogen-bond acceptors (Lipinski definition) is 3. The van der Waals surface area contributed by atoms with E-state index in [-0.39, 0.29) is 18.9 Å². The summed E-state index contributed by atoms with van der Waals surface area (Å²) in [6.07, 6.45) is 3.21. The lowest BCUT2D eigenvalue weighted by molar-refractivity contribution is -0.117. The van der Waals surface area contributed by atoms with Crippen molar-refractivity contribution in [2.75, 3.05) is 6.54 Å². The van der Waals surface area contributed by atoms with Gasteiger partial charge in [0.1, 0.15) is 0 Å². The van der Waals surface area contributed by atoms with Crippen molar-refractivity contribution in [3.8, 4) is 0 Å². The Morgan fingerprint density at radius 3 is 2.57 bits per heavy atom. The van der Waals surface area contributed by atoms with Crippen molar-refractivity contribution in [1.29, 1.82) is 0 Å². The standard InChI is InChI=1S/C9H11N3O2/c10-8(13)3-6-12-9(14)7-1-4-11-5-2-7/h1-2,4-5H,3,6H2,(H2,10,13)(H,12,14). The zero-order valence-electron chi connectivity index (χ0n) is 7.56. The number of amides is 2. The second-order valence-corrected chi connectivity index (χ2v) is 2.71. The lowest BCUT2D eigenvalue weighted by Gasteiger charge is -2.02. The highest BCUT2D eigenvalue weighted by Crippen LogP contribution is 1.94. The molecule has 1 heterocycles. The Labute approximate surface area is 81.3 Å². The third-order valence-electron chi connectivity index (χ3n) is 1.60. The first-order chi connectivity index (χ1) is 6.70. The molecule has 0 unspecified atom stereocenters. The fourth-order valence-corrected chi connectivity index (χ4v) is 0.905. The van der Waals surface area contributed by atoms with Crippen molar-refractivity contribution in [3.05, 3.63) is 30.1 Å². The van der Waals surface area contributed by atoms with Crippen molar-refractivity contribution in [2.24, 2.45) is 5.73 Å². The molecule has 0 atom stereocenters. The molecule has 0 saturated carbocycles. The molecule has 0 aliphatic rings. The molecule has 1 rings (SSSR count). The molecule has 5 heteroatoms. The molecule has 0 aliphatic heterocycles. The summed E-state index contributed by atoms with van der Waals surface area (Å²) in [6, 6.07) is 3.19. The van der Waals surface area contributed by atoms with Crippen LogP contribution in [0.3, 0.4) is 0 Å². The summed E-state index contributed by atoms with van der Waals surface area (Å²) in [5, 5.41) is 2.56. The number of pyridine rings is 1. The predicted octanol–water partition coefficient (Wildman–Crippen LogP) is -0.313. The molecular weight excluding hydrogens is 182 g/mol. The van der Waals surface area contributed by atoms with Crippen LogP contribution >= 0.6 is 0 Å². The molecule has 1 aromatic rings. The Morgan fingerprint density at radius 1 is 1.36 bits per heavy atom. The smallest absolute Gasteiger partial charge is 0.251 e. The Kier molecular flexibility index (Phi) is 3.60. The molecule has 0 bridgehead atoms. The zero-order chi connectivity index (χ0) is 10.4. The van der Waals surface area contributed by atoms with Gasteiger partial charge in [-0.25, -0.2) is 0 Å². The summed E-state index contributed by atoms with van der Waals surface area (Å²) < 4.78 is 0. The lowest BCUT2D eigenvalue weighted by atomic mass is 10.2. The second-order valence-electron chi connectivity index (χ2n) is 2.71. The molecule has 0 aliphatic carbocycles. The van der Waals surface area contributed by atoms with Gasteiger partial charge >= 0.3 is 0 Å². The number of carbonyl (C=O) groups excluding carboxylic acids is 2. The van der Waals surface area contributed by atoms with Gasteiger partial charge in [-0.15, -0.1) is 0 Å². The molecule has 2 amide bonds. The van der Waals surface area contributed by atoms with E-state index in [9.17, 15) is 9.59 Å². The highest BCUT2D eigenvalue weighted by atomic mass is 16.2. The second kappa shape index (κ2) is 4.96. The molecule has 0 radical (unpaired) electrons. The number of aromatic nitrogens is 1. The van der Waals surface area contributed by atoms with E-state index in [0.29, 0.717) is 5.56 Å². The van der Waals surface area contributed by atoms with E-state index in [1.807, 2.05) is 0 Å². The van der Waals surface area contributed by atoms with E-state index in [1.54, 1.807) is 12.1 Å². The van der Waals surface area contributed by atoms with Gasteiger partial charge in [-0.1, -0.05) is 0 Å². The SMILES string of the molecule is NC(=O)CCNC(=O)c1ccncc1. The van der Waals surface area contributed by atoms with E-state index >= 15 is 0 Å². The number of rotatable bonds is 4. The third-order valence-corrected chi connectivity index (χ3v) is 1.60. The minimum absolute atomic E-state index is 0.150. The van der Waals surface area contributed by atoms with Crippen LogP contribution in [0.1, 0.15) is 16.8 Å². The monoisotopic (exact) mass is 193 g/mol. The van der Waals surface area contributed by atoms with Gasteiger partial charge in [0.15, 0.2) is 0 Å². The van der Waals surface area contributed by atoms with Crippen LogP contribution in [-0.4, -0.2) is 23.3 Å². The molecule has 0 aromatic carbocycles. The normalized spacial score (nSPS) is 9.43. The van der Waals surface area contributed by atoms with Crippen LogP contribution in [0, 0.1) is 0 Å². The van der Waals surface area contributed by atoms with Gasteiger partial charge in [-0.3, -0.25) is 14.6 Å². The minimum Gasteiger partial charge on any atom is -0.370 e. The fourth-order valence-electron chi connectivity index (χ4n) is 0.905. The molecule has 0 spiro atoms. The zero-order valence-corrected chi connectivity index (χ0v) is 7.56. The van der Waals surface area contributed by atoms with Gasteiger partial charge in [0.2, 0.25) is 5.91 Å². The highest BCUT2D eigenvalue weighted by molar-refractivity contribution is 5.94. The summed E-state index contributed by atoms with van der Waals surface area (Å²) in [5.74, 6) is -0.659. The van der Waals surface area contributed by atoms with Gasteiger partial charge in [-0.2, -0.15) is 0 Å². The fraction of sp³-hybridized carbons (Fsp3) is 0.222. The Morgan fingerprint density at radius 2 is 2.00 bits per heavy atom. The molecule has 5 nitrogen and oxygen atoms in total. The molecule has 1 aromatic heterocycles. The van der Waals surface area contributed by atoms with Crippen molar-refractivity contribution in [2.45, 2.75) is 6.42 Å². The van der Waals surface area contributed by atoms with Crippen LogP contribution in [0.25, 0.3) is 0 Å². The molecular formula is C9H11N3O2. The first kappa shape index (κ1) is 10.2. The van der Waals surface area contributed by atoms with Crippen LogP contribution in [0.2, 0.25) is 0 Å². The maximum Gasteiger partial charge on any atom is 0.251 e. The minimum atomic E-state index is -0.431. The summed E-state index contributed by atoms with van der Waals surface area (Å²) in [7, 11) is 0. The van der Waals surface area contributed by atoms with Crippen molar-refractivity contribution >= 4 is 11.8 Å². The van der Waals surface area contributed by atoms with Gasteiger partial charge in [0.25, 0.3) is 5.91 Å². The molecule has 3 N–H and O–H groups in total. The van der Waals surface area contributed by atoms with Crippen LogP contribution in [0.4, 0.5) is 0 Å². The number of carbonyl (C=O) groups is 2. The van der Waals surface area contributed by atoms with Gasteiger partial charge in [0, 0.05) is 30.9 Å². The first-order valence-electron chi connectivity index (χ1n) is 4.16. The van der Waals surface area contributed by atoms with Crippen molar-refractivity contribution < 1.29 is 9.59 Å². The van der Waals surface area contributed by atoms with Crippen LogP contribution in [0.15, 0.2) is 24.5 Å². The van der Waals surface area contributed by atoms with Gasteiger partial charge < -0.3 is 11.1 Å². The summed E-state index contributed by atoms with van der Waals surface area (Å²) in [4.78, 5) is 25.5. The first-order valence-corrected chi connectivity index (χ1v) is 4.16. The number of nitrogens with two attached hydrogens (primary N) is 1.